The molecule has 1 heterocycles. The van der Waals surface area contributed by atoms with Gasteiger partial charge < -0.3 is 9.84 Å². The second-order valence-electron chi connectivity index (χ2n) is 7.70. The number of aromatic carboxylic acids is 1. The fourth-order valence-corrected chi connectivity index (χ4v) is 4.26. The highest BCUT2D eigenvalue weighted by Crippen LogP contribution is 2.44. The van der Waals surface area contributed by atoms with Crippen molar-refractivity contribution in [1.82, 2.24) is 4.98 Å². The Morgan fingerprint density at radius 3 is 1.91 bits per heavy atom. The van der Waals surface area contributed by atoms with Gasteiger partial charge in [0.05, 0.1) is 16.9 Å². The van der Waals surface area contributed by atoms with Crippen molar-refractivity contribution in [2.24, 2.45) is 0 Å². The Morgan fingerprint density at radius 2 is 1.33 bits per heavy atom. The zero-order chi connectivity index (χ0) is 22.8. The highest BCUT2D eigenvalue weighted by molar-refractivity contribution is 5.97. The number of amides is 1. The van der Waals surface area contributed by atoms with Crippen molar-refractivity contribution in [2.75, 3.05) is 11.5 Å². The second-order valence-corrected chi connectivity index (χ2v) is 7.70. The normalized spacial score (nSPS) is 12.0. The number of pyridine rings is 1. The van der Waals surface area contributed by atoms with E-state index in [4.69, 9.17) is 4.74 Å². The summed E-state index contributed by atoms with van der Waals surface area (Å²) in [6, 6.07) is 25.8. The maximum atomic E-state index is 13.3. The molecule has 1 amide bonds. The average molecular weight is 436 g/mol. The molecule has 1 aromatic heterocycles. The van der Waals surface area contributed by atoms with Crippen molar-refractivity contribution >= 4 is 23.4 Å². The van der Waals surface area contributed by atoms with Crippen LogP contribution in [0, 0.1) is 0 Å². The number of carbonyl (C=O) groups is 2. The Morgan fingerprint density at radius 1 is 0.788 bits per heavy atom. The average Bonchev–Trinajstić information content (AvgIpc) is 3.18. The van der Waals surface area contributed by atoms with Crippen molar-refractivity contribution in [3.8, 4) is 11.1 Å². The van der Waals surface area contributed by atoms with Gasteiger partial charge in [-0.2, -0.15) is 0 Å². The van der Waals surface area contributed by atoms with Crippen LogP contribution in [0.2, 0.25) is 0 Å². The first-order chi connectivity index (χ1) is 16.1. The van der Waals surface area contributed by atoms with E-state index in [1.165, 1.54) is 17.0 Å². The van der Waals surface area contributed by atoms with Crippen LogP contribution in [0.1, 0.15) is 27.4 Å². The van der Waals surface area contributed by atoms with Crippen molar-refractivity contribution in [3.05, 3.63) is 114 Å². The molecule has 0 radical (unpaired) electrons. The number of fused-ring (bicyclic) bond motifs is 3. The van der Waals surface area contributed by atoms with Gasteiger partial charge >= 0.3 is 12.1 Å². The zero-order valence-electron chi connectivity index (χ0n) is 17.6. The minimum absolute atomic E-state index is 0.0602. The number of carboxylic acid groups (broad SMARTS) is 1. The molecule has 1 N–H and O–H groups in total. The van der Waals surface area contributed by atoms with Crippen LogP contribution in [0.15, 0.2) is 97.3 Å². The fourth-order valence-electron chi connectivity index (χ4n) is 4.26. The number of hydrogen-bond acceptors (Lipinski definition) is 4. The van der Waals surface area contributed by atoms with Crippen molar-refractivity contribution in [3.63, 3.8) is 0 Å². The topological polar surface area (TPSA) is 79.7 Å². The van der Waals surface area contributed by atoms with Gasteiger partial charge in [0, 0.05) is 18.3 Å². The lowest BCUT2D eigenvalue weighted by molar-refractivity contribution is 0.0697. The number of ether oxygens (including phenoxy) is 1. The molecule has 4 aromatic rings. The lowest BCUT2D eigenvalue weighted by atomic mass is 9.98. The number of nitrogens with zero attached hydrogens (tertiary/aromatic N) is 2. The van der Waals surface area contributed by atoms with Gasteiger partial charge in [-0.3, -0.25) is 4.98 Å². The molecule has 0 saturated carbocycles. The maximum absolute atomic E-state index is 13.3. The van der Waals surface area contributed by atoms with E-state index in [9.17, 15) is 14.7 Å². The SMILES string of the molecule is O=C(O)c1ccc(N(C(=O)OCC2c3ccccc3-c3ccccc32)c2ccncc2)cc1. The molecule has 6 heteroatoms. The molecule has 1 aliphatic carbocycles. The Balaban J connectivity index is 1.43. The third-order valence-electron chi connectivity index (χ3n) is 5.81. The number of carboxylic acids is 1. The molecule has 6 nitrogen and oxygen atoms in total. The van der Waals surface area contributed by atoms with Crippen LogP contribution < -0.4 is 4.90 Å². The molecule has 0 saturated heterocycles. The van der Waals surface area contributed by atoms with Crippen LogP contribution in [0.3, 0.4) is 0 Å². The Hall–Kier alpha value is -4.45. The Labute approximate surface area is 190 Å². The predicted molar refractivity (Wildman–Crippen MR) is 125 cm³/mol. The van der Waals surface area contributed by atoms with E-state index in [1.54, 1.807) is 36.7 Å². The highest BCUT2D eigenvalue weighted by Gasteiger charge is 2.30. The summed E-state index contributed by atoms with van der Waals surface area (Å²) >= 11 is 0. The minimum atomic E-state index is -1.03. The van der Waals surface area contributed by atoms with Gasteiger partial charge in [-0.15, -0.1) is 0 Å². The molecule has 0 spiro atoms. The van der Waals surface area contributed by atoms with E-state index in [2.05, 4.69) is 29.2 Å². The number of carbonyl (C=O) groups excluding carboxylic acids is 1. The number of rotatable bonds is 5. The number of benzene rings is 3. The summed E-state index contributed by atoms with van der Waals surface area (Å²) < 4.78 is 5.84. The van der Waals surface area contributed by atoms with Gasteiger partial charge in [0.25, 0.3) is 0 Å². The van der Waals surface area contributed by atoms with Crippen LogP contribution in [-0.4, -0.2) is 28.8 Å². The molecular weight excluding hydrogens is 416 g/mol. The summed E-state index contributed by atoms with van der Waals surface area (Å²) in [5.41, 5.74) is 5.80. The first-order valence-electron chi connectivity index (χ1n) is 10.5. The highest BCUT2D eigenvalue weighted by atomic mass is 16.6. The van der Waals surface area contributed by atoms with E-state index >= 15 is 0 Å². The molecule has 162 valence electrons. The van der Waals surface area contributed by atoms with E-state index in [-0.39, 0.29) is 18.1 Å². The molecule has 0 fully saturated rings. The van der Waals surface area contributed by atoms with Crippen LogP contribution in [0.25, 0.3) is 11.1 Å². The van der Waals surface area contributed by atoms with Crippen molar-refractivity contribution in [1.29, 1.82) is 0 Å². The molecule has 0 bridgehead atoms. The van der Waals surface area contributed by atoms with Crippen LogP contribution in [0.5, 0.6) is 0 Å². The number of aromatic nitrogens is 1. The molecule has 1 aliphatic rings. The van der Waals surface area contributed by atoms with Gasteiger partial charge in [0.15, 0.2) is 0 Å². The van der Waals surface area contributed by atoms with Gasteiger partial charge in [-0.25, -0.2) is 14.5 Å². The monoisotopic (exact) mass is 436 g/mol. The standard InChI is InChI=1S/C27H20N2O4/c30-26(31)18-9-11-19(12-10-18)29(20-13-15-28-16-14-20)27(32)33-17-25-23-7-3-1-5-21(23)22-6-2-4-8-24(22)25/h1-16,25H,17H2,(H,30,31). The van der Waals surface area contributed by atoms with Crippen LogP contribution in [-0.2, 0) is 4.74 Å². The van der Waals surface area contributed by atoms with Crippen LogP contribution >= 0.6 is 0 Å². The third-order valence-corrected chi connectivity index (χ3v) is 5.81. The van der Waals surface area contributed by atoms with E-state index in [1.807, 2.05) is 24.3 Å². The minimum Gasteiger partial charge on any atom is -0.478 e. The summed E-state index contributed by atoms with van der Waals surface area (Å²) in [6.07, 6.45) is 2.63. The molecule has 33 heavy (non-hydrogen) atoms. The molecule has 0 unspecified atom stereocenters. The van der Waals surface area contributed by atoms with Gasteiger partial charge in [-0.05, 0) is 58.7 Å². The maximum Gasteiger partial charge on any atom is 0.418 e. The van der Waals surface area contributed by atoms with Gasteiger partial charge in [0.1, 0.15) is 6.61 Å². The molecule has 0 atom stereocenters. The first kappa shape index (κ1) is 20.5. The lowest BCUT2D eigenvalue weighted by Gasteiger charge is -2.23. The van der Waals surface area contributed by atoms with Crippen LogP contribution in [0.4, 0.5) is 16.2 Å². The number of hydrogen-bond donors (Lipinski definition) is 1. The summed E-state index contributed by atoms with van der Waals surface area (Å²) in [4.78, 5) is 30.0. The molecule has 5 rings (SSSR count). The van der Waals surface area contributed by atoms with Crippen molar-refractivity contribution in [2.45, 2.75) is 5.92 Å². The molecular formula is C27H20N2O4. The van der Waals surface area contributed by atoms with Crippen molar-refractivity contribution < 1.29 is 19.4 Å². The predicted octanol–water partition coefficient (Wildman–Crippen LogP) is 5.87. The van der Waals surface area contributed by atoms with E-state index in [0.717, 1.165) is 22.3 Å². The van der Waals surface area contributed by atoms with E-state index in [0.29, 0.717) is 11.4 Å². The molecule has 0 aliphatic heterocycles. The summed E-state index contributed by atoms with van der Waals surface area (Å²) in [7, 11) is 0. The Kier molecular flexibility index (Phi) is 5.32. The van der Waals surface area contributed by atoms with Gasteiger partial charge in [0.2, 0.25) is 0 Å². The molecule has 3 aromatic carbocycles. The third kappa shape index (κ3) is 3.83. The fraction of sp³-hybridized carbons (Fsp3) is 0.0741. The largest absolute Gasteiger partial charge is 0.478 e. The summed E-state index contributed by atoms with van der Waals surface area (Å²) in [5, 5.41) is 9.19. The van der Waals surface area contributed by atoms with E-state index < -0.39 is 12.1 Å². The zero-order valence-corrected chi connectivity index (χ0v) is 17.6. The Bertz CT molecular complexity index is 1270. The lowest BCUT2D eigenvalue weighted by Crippen LogP contribution is -2.28. The first-order valence-corrected chi connectivity index (χ1v) is 10.5. The second kappa shape index (κ2) is 8.59. The number of anilines is 2. The smallest absolute Gasteiger partial charge is 0.418 e. The summed E-state index contributed by atoms with van der Waals surface area (Å²) in [6.45, 7) is 0.182. The van der Waals surface area contributed by atoms with Gasteiger partial charge in [-0.1, -0.05) is 48.5 Å². The quantitative estimate of drug-likeness (QED) is 0.423. The summed E-state index contributed by atoms with van der Waals surface area (Å²) in [5.74, 6) is -1.09.